The van der Waals surface area contributed by atoms with Crippen molar-refractivity contribution in [3.05, 3.63) is 11.8 Å². The molecule has 3 aliphatic heterocycles. The predicted molar refractivity (Wildman–Crippen MR) is 82.6 cm³/mol. The third-order valence-electron chi connectivity index (χ3n) is 5.12. The Morgan fingerprint density at radius 1 is 1.22 bits per heavy atom. The molecule has 3 heterocycles. The maximum absolute atomic E-state index is 11.7. The van der Waals surface area contributed by atoms with Gasteiger partial charge in [-0.2, -0.15) is 0 Å². The number of fused-ring (bicyclic) bond motifs is 1. The van der Waals surface area contributed by atoms with E-state index < -0.39 is 73.5 Å². The van der Waals surface area contributed by atoms with E-state index in [4.69, 9.17) is 18.9 Å². The Kier molecular flexibility index (Phi) is 5.70. The molecule has 5 N–H and O–H groups in total. The van der Waals surface area contributed by atoms with Crippen molar-refractivity contribution in [2.75, 3.05) is 6.61 Å². The zero-order chi connectivity index (χ0) is 19.9. The number of ether oxygens (including phenoxy) is 4. The van der Waals surface area contributed by atoms with Crippen molar-refractivity contribution in [3.8, 4) is 0 Å². The highest BCUT2D eigenvalue weighted by Crippen LogP contribution is 2.41. The molecule has 0 aromatic heterocycles. The number of carbonyl (C=O) groups excluding carboxylic acids is 1. The van der Waals surface area contributed by atoms with Crippen LogP contribution in [0.25, 0.3) is 0 Å². The summed E-state index contributed by atoms with van der Waals surface area (Å²) >= 11 is 0. The van der Waals surface area contributed by atoms with E-state index in [0.717, 1.165) is 6.26 Å². The fraction of sp³-hybridized carbons (Fsp3) is 0.750. The first kappa shape index (κ1) is 20.0. The number of aliphatic hydroxyl groups excluding tert-OH is 4. The Labute approximate surface area is 153 Å². The molecule has 9 atom stereocenters. The largest absolute Gasteiger partial charge is 0.478 e. The number of esters is 1. The lowest BCUT2D eigenvalue weighted by Gasteiger charge is -2.45. The van der Waals surface area contributed by atoms with E-state index in [1.165, 1.54) is 0 Å². The van der Waals surface area contributed by atoms with E-state index in [2.05, 4.69) is 0 Å². The lowest BCUT2D eigenvalue weighted by molar-refractivity contribution is -0.346. The van der Waals surface area contributed by atoms with E-state index in [9.17, 15) is 35.1 Å². The lowest BCUT2D eigenvalue weighted by Crippen LogP contribution is -2.61. The molecular formula is C16H22O11. The maximum atomic E-state index is 11.7. The summed E-state index contributed by atoms with van der Waals surface area (Å²) in [6.45, 7) is 0.936. The predicted octanol–water partition coefficient (Wildman–Crippen LogP) is -2.30. The van der Waals surface area contributed by atoms with Gasteiger partial charge in [-0.1, -0.05) is 0 Å². The summed E-state index contributed by atoms with van der Waals surface area (Å²) in [6.07, 6.45) is -8.54. The van der Waals surface area contributed by atoms with E-state index in [-0.39, 0.29) is 12.0 Å². The van der Waals surface area contributed by atoms with Gasteiger partial charge in [0, 0.05) is 5.92 Å². The van der Waals surface area contributed by atoms with Crippen LogP contribution >= 0.6 is 0 Å². The highest BCUT2D eigenvalue weighted by Gasteiger charge is 2.51. The van der Waals surface area contributed by atoms with Crippen molar-refractivity contribution in [1.82, 2.24) is 0 Å². The number of carboxylic acid groups (broad SMARTS) is 1. The Bertz CT molecular complexity index is 617. The minimum atomic E-state index is -1.64. The first-order valence-corrected chi connectivity index (χ1v) is 8.48. The van der Waals surface area contributed by atoms with Crippen LogP contribution in [0.1, 0.15) is 13.3 Å². The molecule has 0 radical (unpaired) electrons. The molecule has 0 unspecified atom stereocenters. The molecule has 0 amide bonds. The van der Waals surface area contributed by atoms with Crippen LogP contribution in [-0.2, 0) is 28.5 Å². The second-order valence-corrected chi connectivity index (χ2v) is 6.80. The van der Waals surface area contributed by atoms with Crippen LogP contribution in [0.5, 0.6) is 0 Å². The zero-order valence-corrected chi connectivity index (χ0v) is 14.4. The number of carboxylic acids is 1. The average molecular weight is 390 g/mol. The zero-order valence-electron chi connectivity index (χ0n) is 14.4. The van der Waals surface area contributed by atoms with Gasteiger partial charge in [-0.05, 0) is 6.92 Å². The molecule has 2 fully saturated rings. The van der Waals surface area contributed by atoms with Crippen molar-refractivity contribution in [2.24, 2.45) is 11.8 Å². The minimum Gasteiger partial charge on any atom is -0.478 e. The van der Waals surface area contributed by atoms with Gasteiger partial charge in [0.15, 0.2) is 6.29 Å². The summed E-state index contributed by atoms with van der Waals surface area (Å²) in [7, 11) is 0. The number of cyclic esters (lactones) is 1. The minimum absolute atomic E-state index is 0.0999. The smallest absolute Gasteiger partial charge is 0.335 e. The number of carbonyl (C=O) groups is 2. The normalized spacial score (nSPS) is 44.6. The monoisotopic (exact) mass is 390 g/mol. The molecule has 0 spiro atoms. The summed E-state index contributed by atoms with van der Waals surface area (Å²) in [5.41, 5.74) is -0.0999. The van der Waals surface area contributed by atoms with Gasteiger partial charge in [0.1, 0.15) is 30.5 Å². The number of hydrogen-bond donors (Lipinski definition) is 5. The molecule has 11 heteroatoms. The van der Waals surface area contributed by atoms with Crippen molar-refractivity contribution < 1.29 is 54.1 Å². The molecule has 0 aromatic carbocycles. The van der Waals surface area contributed by atoms with Gasteiger partial charge in [0.25, 0.3) is 0 Å². The number of hydrogen-bond acceptors (Lipinski definition) is 10. The van der Waals surface area contributed by atoms with Crippen molar-refractivity contribution in [3.63, 3.8) is 0 Å². The third-order valence-corrected chi connectivity index (χ3v) is 5.12. The Balaban J connectivity index is 1.82. The number of rotatable bonds is 4. The standard InChI is InChI=1S/C16H22O11/c1-5-10-6(2-9(18)25-5)7(14(22)23)4-24-15(10)27-16-13(21)12(20)11(19)8(3-17)26-16/h4-6,8,10-13,15-17,19-21H,2-3H2,1H3,(H,22,23)/t5-,6-,8-,10-,11-,12+,13-,15-,16+/m1/s1. The van der Waals surface area contributed by atoms with Crippen molar-refractivity contribution >= 4 is 11.9 Å². The summed E-state index contributed by atoms with van der Waals surface area (Å²) in [5.74, 6) is -3.23. The molecule has 0 aliphatic carbocycles. The van der Waals surface area contributed by atoms with Gasteiger partial charge in [-0.25, -0.2) is 4.79 Å². The fourth-order valence-corrected chi connectivity index (χ4v) is 3.67. The van der Waals surface area contributed by atoms with Crippen molar-refractivity contribution in [2.45, 2.75) is 56.4 Å². The van der Waals surface area contributed by atoms with E-state index >= 15 is 0 Å². The van der Waals surface area contributed by atoms with Gasteiger partial charge in [-0.15, -0.1) is 0 Å². The summed E-state index contributed by atoms with van der Waals surface area (Å²) in [5, 5.41) is 48.4. The second-order valence-electron chi connectivity index (χ2n) is 6.80. The summed E-state index contributed by atoms with van der Waals surface area (Å²) in [4.78, 5) is 23.2. The molecule has 2 saturated heterocycles. The van der Waals surface area contributed by atoms with Crippen LogP contribution in [-0.4, -0.2) is 87.2 Å². The van der Waals surface area contributed by atoms with Gasteiger partial charge in [0.05, 0.1) is 30.8 Å². The fourth-order valence-electron chi connectivity index (χ4n) is 3.67. The van der Waals surface area contributed by atoms with Crippen LogP contribution in [0.2, 0.25) is 0 Å². The Hall–Kier alpha value is -1.76. The van der Waals surface area contributed by atoms with Crippen LogP contribution in [0, 0.1) is 11.8 Å². The molecule has 3 aliphatic rings. The lowest BCUT2D eigenvalue weighted by atomic mass is 9.77. The maximum Gasteiger partial charge on any atom is 0.335 e. The van der Waals surface area contributed by atoms with Crippen LogP contribution in [0.3, 0.4) is 0 Å². The first-order chi connectivity index (χ1) is 12.7. The van der Waals surface area contributed by atoms with Gasteiger partial charge in [-0.3, -0.25) is 4.79 Å². The average Bonchev–Trinajstić information content (AvgIpc) is 2.61. The Morgan fingerprint density at radius 2 is 1.93 bits per heavy atom. The molecule has 152 valence electrons. The topological polar surface area (TPSA) is 172 Å². The molecule has 3 rings (SSSR count). The quantitative estimate of drug-likeness (QED) is 0.327. The SMILES string of the molecule is C[C@H]1OC(=O)C[C@@H]2C(C(=O)O)=CO[C@H](O[C@@H]3O[C@H](CO)[C@@H](O)[C@H](O)[C@H]3O)[C@@H]21. The van der Waals surface area contributed by atoms with Crippen LogP contribution in [0.15, 0.2) is 11.8 Å². The molecular weight excluding hydrogens is 368 g/mol. The first-order valence-electron chi connectivity index (χ1n) is 8.48. The summed E-state index contributed by atoms with van der Waals surface area (Å²) in [6, 6.07) is 0. The van der Waals surface area contributed by atoms with Crippen molar-refractivity contribution in [1.29, 1.82) is 0 Å². The van der Waals surface area contributed by atoms with Gasteiger partial charge in [0.2, 0.25) is 6.29 Å². The van der Waals surface area contributed by atoms with E-state index in [0.29, 0.717) is 0 Å². The van der Waals surface area contributed by atoms with Crippen LogP contribution < -0.4 is 0 Å². The molecule has 11 nitrogen and oxygen atoms in total. The van der Waals surface area contributed by atoms with Gasteiger partial charge >= 0.3 is 11.9 Å². The number of aliphatic hydroxyl groups is 4. The molecule has 0 aromatic rings. The molecule has 0 bridgehead atoms. The summed E-state index contributed by atoms with van der Waals surface area (Å²) < 4.78 is 21.4. The second kappa shape index (κ2) is 7.70. The van der Waals surface area contributed by atoms with E-state index in [1.807, 2.05) is 0 Å². The third kappa shape index (κ3) is 3.66. The molecule has 0 saturated carbocycles. The number of aliphatic carboxylic acids is 1. The highest BCUT2D eigenvalue weighted by molar-refractivity contribution is 5.88. The Morgan fingerprint density at radius 3 is 2.56 bits per heavy atom. The van der Waals surface area contributed by atoms with Crippen LogP contribution in [0.4, 0.5) is 0 Å². The van der Waals surface area contributed by atoms with E-state index in [1.54, 1.807) is 6.92 Å². The van der Waals surface area contributed by atoms with Gasteiger partial charge < -0.3 is 44.5 Å². The molecule has 27 heavy (non-hydrogen) atoms. The highest BCUT2D eigenvalue weighted by atomic mass is 16.8.